The topological polar surface area (TPSA) is 139 Å². The van der Waals surface area contributed by atoms with Crippen molar-refractivity contribution in [2.24, 2.45) is 17.8 Å². The maximum absolute atomic E-state index is 14.4. The Morgan fingerprint density at radius 2 is 1.57 bits per heavy atom. The number of benzene rings is 2. The number of rotatable bonds is 19. The predicted molar refractivity (Wildman–Crippen MR) is 224 cm³/mol. The number of nitrogens with one attached hydrogen (secondary N) is 2. The SMILES string of the molecule is CC[C@H](C)[C@@H]([C@@H](CC(=O)N1CCC[C@@H]1[C@H](OC)[C@@H](C)C(=O)NCCc1ccccn1)OC)N(C)C(=O)[C@@H](NC(=O)OCC1c2ccccc2-c2ccccc21)C(C)C. The van der Waals surface area contributed by atoms with Gasteiger partial charge >= 0.3 is 6.09 Å². The van der Waals surface area contributed by atoms with Crippen LogP contribution in [0, 0.1) is 17.8 Å². The molecule has 2 aromatic carbocycles. The highest BCUT2D eigenvalue weighted by molar-refractivity contribution is 5.86. The van der Waals surface area contributed by atoms with Crippen LogP contribution in [0.5, 0.6) is 0 Å². The highest BCUT2D eigenvalue weighted by Gasteiger charge is 2.43. The maximum atomic E-state index is 14.4. The third-order valence-electron chi connectivity index (χ3n) is 12.2. The van der Waals surface area contributed by atoms with E-state index in [4.69, 9.17) is 14.2 Å². The number of aromatic nitrogens is 1. The molecule has 0 saturated carbocycles. The fourth-order valence-electron chi connectivity index (χ4n) is 8.83. The first-order valence-corrected chi connectivity index (χ1v) is 20.8. The summed E-state index contributed by atoms with van der Waals surface area (Å²) in [5.41, 5.74) is 5.38. The van der Waals surface area contributed by atoms with Gasteiger partial charge in [-0.1, -0.05) is 95.6 Å². The fraction of sp³-hybridized carbons (Fsp3) is 0.543. The normalized spacial score (nSPS) is 18.0. The summed E-state index contributed by atoms with van der Waals surface area (Å²) in [7, 11) is 4.87. The molecule has 0 radical (unpaired) electrons. The molecule has 1 aromatic heterocycles. The summed E-state index contributed by atoms with van der Waals surface area (Å²) in [6, 6.07) is 20.4. The molecule has 12 heteroatoms. The first-order chi connectivity index (χ1) is 27.9. The molecule has 1 fully saturated rings. The molecule has 3 aromatic rings. The lowest BCUT2D eigenvalue weighted by molar-refractivity contribution is -0.147. The van der Waals surface area contributed by atoms with E-state index in [1.165, 1.54) is 0 Å². The second-order valence-electron chi connectivity index (χ2n) is 16.1. The van der Waals surface area contributed by atoms with E-state index < -0.39 is 36.3 Å². The van der Waals surface area contributed by atoms with Gasteiger partial charge < -0.3 is 34.6 Å². The summed E-state index contributed by atoms with van der Waals surface area (Å²) in [5.74, 6) is -1.44. The van der Waals surface area contributed by atoms with E-state index in [0.717, 1.165) is 40.8 Å². The number of alkyl carbamates (subject to hydrolysis) is 1. The van der Waals surface area contributed by atoms with Crippen molar-refractivity contribution in [3.63, 3.8) is 0 Å². The smallest absolute Gasteiger partial charge is 0.407 e. The molecule has 2 heterocycles. The first-order valence-electron chi connectivity index (χ1n) is 20.8. The molecule has 4 amide bonds. The minimum absolute atomic E-state index is 0.0346. The van der Waals surface area contributed by atoms with Gasteiger partial charge in [0.15, 0.2) is 0 Å². The van der Waals surface area contributed by atoms with Crippen LogP contribution in [0.2, 0.25) is 0 Å². The number of hydrogen-bond acceptors (Lipinski definition) is 8. The quantitative estimate of drug-likeness (QED) is 0.146. The lowest BCUT2D eigenvalue weighted by Gasteiger charge is -2.40. The number of pyridine rings is 1. The molecule has 1 aliphatic heterocycles. The van der Waals surface area contributed by atoms with Crippen molar-refractivity contribution < 1.29 is 33.4 Å². The molecule has 7 atom stereocenters. The molecule has 58 heavy (non-hydrogen) atoms. The van der Waals surface area contributed by atoms with Crippen LogP contribution in [0.25, 0.3) is 11.1 Å². The number of ether oxygens (including phenoxy) is 3. The van der Waals surface area contributed by atoms with Gasteiger partial charge in [-0.05, 0) is 59.1 Å². The van der Waals surface area contributed by atoms with Crippen LogP contribution >= 0.6 is 0 Å². The minimum atomic E-state index is -0.873. The number of amides is 4. The van der Waals surface area contributed by atoms with Gasteiger partial charge in [-0.25, -0.2) is 4.79 Å². The van der Waals surface area contributed by atoms with Crippen LogP contribution in [-0.2, 0) is 35.0 Å². The van der Waals surface area contributed by atoms with Crippen LogP contribution in [0.15, 0.2) is 72.9 Å². The van der Waals surface area contributed by atoms with E-state index in [9.17, 15) is 19.2 Å². The predicted octanol–water partition coefficient (Wildman–Crippen LogP) is 6.22. The van der Waals surface area contributed by atoms with Crippen LogP contribution in [-0.4, -0.2) is 110 Å². The Balaban J connectivity index is 1.22. The van der Waals surface area contributed by atoms with Gasteiger partial charge in [0, 0.05) is 58.6 Å². The van der Waals surface area contributed by atoms with Gasteiger partial charge in [0.2, 0.25) is 17.7 Å². The highest BCUT2D eigenvalue weighted by Crippen LogP contribution is 2.44. The lowest BCUT2D eigenvalue weighted by Crippen LogP contribution is -2.57. The molecular weight excluding hydrogens is 735 g/mol. The van der Waals surface area contributed by atoms with E-state index in [-0.39, 0.29) is 54.5 Å². The van der Waals surface area contributed by atoms with Gasteiger partial charge in [0.25, 0.3) is 0 Å². The van der Waals surface area contributed by atoms with Gasteiger partial charge in [-0.2, -0.15) is 0 Å². The number of likely N-dealkylation sites (N-methyl/N-ethyl adjacent to an activating group) is 1. The largest absolute Gasteiger partial charge is 0.449 e. The standard InChI is InChI=1S/C46H63N5O7/c1-9-30(4)42(39(56-7)27-40(52)51-26-16-22-38(51)43(57-8)31(5)44(53)48-25-23-32-17-14-15-24-47-32)50(6)45(54)41(29(2)3)49-46(55)58-28-37-35-20-12-10-18-33(35)34-19-11-13-21-36(34)37/h10-15,17-21,24,29-31,37-39,41-43H,9,16,22-23,25-28H2,1-8H3,(H,48,53)(H,49,55)/t30-,31+,38+,39+,41-,42-,43+/m0/s1. The van der Waals surface area contributed by atoms with Crippen molar-refractivity contribution in [2.45, 2.75) is 103 Å². The van der Waals surface area contributed by atoms with E-state index in [1.807, 2.05) is 82.0 Å². The monoisotopic (exact) mass is 797 g/mol. The second kappa shape index (κ2) is 20.7. The van der Waals surface area contributed by atoms with E-state index in [2.05, 4.69) is 39.9 Å². The molecule has 0 spiro atoms. The Labute approximate surface area is 344 Å². The van der Waals surface area contributed by atoms with E-state index in [1.54, 1.807) is 32.4 Å². The number of methoxy groups -OCH3 is 2. The zero-order valence-corrected chi connectivity index (χ0v) is 35.5. The second-order valence-corrected chi connectivity index (χ2v) is 16.1. The van der Waals surface area contributed by atoms with Gasteiger partial charge in [0.05, 0.1) is 36.6 Å². The van der Waals surface area contributed by atoms with Gasteiger partial charge in [0.1, 0.15) is 12.6 Å². The highest BCUT2D eigenvalue weighted by atomic mass is 16.5. The fourth-order valence-corrected chi connectivity index (χ4v) is 8.83. The third-order valence-corrected chi connectivity index (χ3v) is 12.2. The molecule has 314 valence electrons. The summed E-state index contributed by atoms with van der Waals surface area (Å²) >= 11 is 0. The molecule has 12 nitrogen and oxygen atoms in total. The lowest BCUT2D eigenvalue weighted by atomic mass is 9.89. The molecule has 0 unspecified atom stereocenters. The van der Waals surface area contributed by atoms with Crippen LogP contribution in [0.4, 0.5) is 4.79 Å². The summed E-state index contributed by atoms with van der Waals surface area (Å²) in [6.07, 6.45) is 2.80. The summed E-state index contributed by atoms with van der Waals surface area (Å²) < 4.78 is 17.8. The average Bonchev–Trinajstić information content (AvgIpc) is 3.85. The average molecular weight is 798 g/mol. The summed E-state index contributed by atoms with van der Waals surface area (Å²) in [4.78, 5) is 63.0. The Morgan fingerprint density at radius 1 is 0.914 bits per heavy atom. The van der Waals surface area contributed by atoms with Crippen molar-refractivity contribution in [1.29, 1.82) is 0 Å². The van der Waals surface area contributed by atoms with Gasteiger partial charge in [-0.3, -0.25) is 19.4 Å². The number of fused-ring (bicyclic) bond motifs is 3. The zero-order valence-electron chi connectivity index (χ0n) is 35.5. The summed E-state index contributed by atoms with van der Waals surface area (Å²) in [5, 5.41) is 5.88. The zero-order chi connectivity index (χ0) is 41.9. The maximum Gasteiger partial charge on any atom is 0.407 e. The number of nitrogens with zero attached hydrogens (tertiary/aromatic N) is 3. The van der Waals surface area contributed by atoms with Crippen molar-refractivity contribution in [2.75, 3.05) is 41.0 Å². The van der Waals surface area contributed by atoms with E-state index in [0.29, 0.717) is 25.9 Å². The Hall–Kier alpha value is -4.81. The van der Waals surface area contributed by atoms with Crippen molar-refractivity contribution in [3.05, 3.63) is 89.7 Å². The molecule has 2 aliphatic rings. The number of hydrogen-bond donors (Lipinski definition) is 2. The minimum Gasteiger partial charge on any atom is -0.449 e. The van der Waals surface area contributed by atoms with Crippen LogP contribution in [0.1, 0.15) is 83.0 Å². The van der Waals surface area contributed by atoms with Crippen LogP contribution < -0.4 is 10.6 Å². The Morgan fingerprint density at radius 3 is 2.16 bits per heavy atom. The molecule has 1 aliphatic carbocycles. The Bertz CT molecular complexity index is 1790. The van der Waals surface area contributed by atoms with Crippen LogP contribution in [0.3, 0.4) is 0 Å². The molecule has 1 saturated heterocycles. The van der Waals surface area contributed by atoms with Crippen molar-refractivity contribution in [3.8, 4) is 11.1 Å². The Kier molecular flexibility index (Phi) is 15.8. The van der Waals surface area contributed by atoms with Crippen molar-refractivity contribution >= 4 is 23.8 Å². The third kappa shape index (κ3) is 10.2. The van der Waals surface area contributed by atoms with E-state index >= 15 is 0 Å². The van der Waals surface area contributed by atoms with Gasteiger partial charge in [-0.15, -0.1) is 0 Å². The summed E-state index contributed by atoms with van der Waals surface area (Å²) in [6.45, 7) is 10.8. The van der Waals surface area contributed by atoms with Crippen molar-refractivity contribution in [1.82, 2.24) is 25.4 Å². The molecule has 0 bridgehead atoms. The molecule has 5 rings (SSSR count). The molecule has 2 N–H and O–H groups in total. The number of carbonyl (C=O) groups is 4. The number of likely N-dealkylation sites (tertiary alicyclic amines) is 1. The molecular formula is C46H63N5O7. The first kappa shape index (κ1) is 44.3. The number of carbonyl (C=O) groups excluding carboxylic acids is 4.